The lowest BCUT2D eigenvalue weighted by Gasteiger charge is -2.26. The summed E-state index contributed by atoms with van der Waals surface area (Å²) in [5, 5.41) is 13.1. The lowest BCUT2D eigenvalue weighted by atomic mass is 10.0. The summed E-state index contributed by atoms with van der Waals surface area (Å²) in [5.41, 5.74) is 2.90. The predicted molar refractivity (Wildman–Crippen MR) is 145 cm³/mol. The number of methoxy groups -OCH3 is 1. The third kappa shape index (κ3) is 5.85. The van der Waals surface area contributed by atoms with Crippen molar-refractivity contribution in [2.75, 3.05) is 12.0 Å². The Labute approximate surface area is 224 Å². The molecular formula is C29H25N3O7. The minimum absolute atomic E-state index is 0.0231. The van der Waals surface area contributed by atoms with Crippen LogP contribution in [-0.2, 0) is 22.6 Å². The molecule has 0 unspecified atom stereocenters. The van der Waals surface area contributed by atoms with Gasteiger partial charge in [-0.05, 0) is 66.9 Å². The minimum atomic E-state index is -0.828. The van der Waals surface area contributed by atoms with Crippen molar-refractivity contribution in [1.29, 1.82) is 0 Å². The molecule has 3 aromatic carbocycles. The number of hydrogen-bond acceptors (Lipinski definition) is 7. The molecule has 0 aromatic heterocycles. The molecule has 1 aliphatic heterocycles. The zero-order chi connectivity index (χ0) is 28.1. The van der Waals surface area contributed by atoms with Crippen LogP contribution in [0.2, 0.25) is 0 Å². The number of anilines is 1. The van der Waals surface area contributed by atoms with Gasteiger partial charge in [0.15, 0.2) is 11.5 Å². The van der Waals surface area contributed by atoms with E-state index in [1.165, 1.54) is 25.3 Å². The van der Waals surface area contributed by atoms with E-state index in [2.05, 4.69) is 11.9 Å². The van der Waals surface area contributed by atoms with Crippen LogP contribution in [0, 0.1) is 17.0 Å². The Balaban J connectivity index is 1.66. The number of carbonyl (C=O) groups excluding carboxylic acids is 3. The van der Waals surface area contributed by atoms with Crippen molar-refractivity contribution < 1.29 is 28.8 Å². The smallest absolute Gasteiger partial charge is 0.335 e. The Bertz CT molecular complexity index is 1490. The van der Waals surface area contributed by atoms with Gasteiger partial charge in [0.1, 0.15) is 12.2 Å². The quantitative estimate of drug-likeness (QED) is 0.138. The molecular weight excluding hydrogens is 502 g/mol. The van der Waals surface area contributed by atoms with Gasteiger partial charge in [0.05, 0.1) is 17.7 Å². The number of nitro groups is 1. The van der Waals surface area contributed by atoms with Crippen molar-refractivity contribution in [1.82, 2.24) is 5.32 Å². The lowest BCUT2D eigenvalue weighted by molar-refractivity contribution is -0.384. The van der Waals surface area contributed by atoms with Crippen LogP contribution < -0.4 is 19.7 Å². The molecule has 1 N–H and O–H groups in total. The van der Waals surface area contributed by atoms with Crippen molar-refractivity contribution in [2.45, 2.75) is 20.0 Å². The average molecular weight is 528 g/mol. The van der Waals surface area contributed by atoms with Gasteiger partial charge >= 0.3 is 6.03 Å². The molecule has 4 rings (SSSR count). The van der Waals surface area contributed by atoms with E-state index in [-0.39, 0.29) is 17.9 Å². The third-order valence-electron chi connectivity index (χ3n) is 5.97. The summed E-state index contributed by atoms with van der Waals surface area (Å²) in [4.78, 5) is 49.7. The third-order valence-corrected chi connectivity index (χ3v) is 5.97. The fourth-order valence-electron chi connectivity index (χ4n) is 4.01. The molecule has 1 heterocycles. The topological polar surface area (TPSA) is 128 Å². The first-order valence-electron chi connectivity index (χ1n) is 11.9. The molecule has 39 heavy (non-hydrogen) atoms. The highest BCUT2D eigenvalue weighted by molar-refractivity contribution is 6.39. The zero-order valence-corrected chi connectivity index (χ0v) is 21.3. The Hall–Kier alpha value is -5.25. The van der Waals surface area contributed by atoms with Gasteiger partial charge in [-0.25, -0.2) is 9.69 Å². The van der Waals surface area contributed by atoms with E-state index in [4.69, 9.17) is 9.47 Å². The van der Waals surface area contributed by atoms with Gasteiger partial charge in [-0.3, -0.25) is 25.0 Å². The number of nitro benzene ring substituents is 1. The molecule has 1 aliphatic rings. The first-order chi connectivity index (χ1) is 18.7. The molecule has 198 valence electrons. The molecule has 10 heteroatoms. The summed E-state index contributed by atoms with van der Waals surface area (Å²) in [6.07, 6.45) is 3.44. The maximum absolute atomic E-state index is 13.3. The zero-order valence-electron chi connectivity index (χ0n) is 21.3. The van der Waals surface area contributed by atoms with E-state index < -0.39 is 22.8 Å². The summed E-state index contributed by atoms with van der Waals surface area (Å²) in [5.74, 6) is -0.793. The second-order valence-electron chi connectivity index (χ2n) is 8.71. The largest absolute Gasteiger partial charge is 0.493 e. The number of nitrogens with zero attached hydrogens (tertiary/aromatic N) is 2. The molecule has 0 spiro atoms. The van der Waals surface area contributed by atoms with E-state index in [1.54, 1.807) is 54.6 Å². The second kappa shape index (κ2) is 11.4. The molecule has 0 atom stereocenters. The molecule has 0 aliphatic carbocycles. The SMILES string of the molecule is C=CCc1cc(/C=C2\C(=O)NC(=O)N(c3ccc(C)cc3)C2=O)cc(OC)c1OCc1ccc([N+](=O)[O-])cc1. The average Bonchev–Trinajstić information content (AvgIpc) is 2.91. The lowest BCUT2D eigenvalue weighted by Crippen LogP contribution is -2.54. The molecule has 0 radical (unpaired) electrons. The van der Waals surface area contributed by atoms with E-state index in [0.29, 0.717) is 40.3 Å². The molecule has 10 nitrogen and oxygen atoms in total. The highest BCUT2D eigenvalue weighted by Crippen LogP contribution is 2.35. The number of ether oxygens (including phenoxy) is 2. The molecule has 1 saturated heterocycles. The van der Waals surface area contributed by atoms with E-state index >= 15 is 0 Å². The Morgan fingerprint density at radius 3 is 2.36 bits per heavy atom. The fraction of sp³-hybridized carbons (Fsp3) is 0.138. The number of carbonyl (C=O) groups is 3. The minimum Gasteiger partial charge on any atom is -0.493 e. The molecule has 4 amide bonds. The number of aryl methyl sites for hydroxylation is 1. The van der Waals surface area contributed by atoms with E-state index in [1.807, 2.05) is 6.92 Å². The number of barbiturate groups is 1. The second-order valence-corrected chi connectivity index (χ2v) is 8.71. The normalized spacial score (nSPS) is 14.3. The molecule has 0 bridgehead atoms. The van der Waals surface area contributed by atoms with Crippen molar-refractivity contribution in [3.8, 4) is 11.5 Å². The Kier molecular flexibility index (Phi) is 7.85. The van der Waals surface area contributed by atoms with Gasteiger partial charge in [0.2, 0.25) is 0 Å². The number of rotatable bonds is 9. The number of imide groups is 2. The predicted octanol–water partition coefficient (Wildman–Crippen LogP) is 4.89. The van der Waals surface area contributed by atoms with Crippen LogP contribution >= 0.6 is 0 Å². The van der Waals surface area contributed by atoms with Gasteiger partial charge in [-0.15, -0.1) is 6.58 Å². The summed E-state index contributed by atoms with van der Waals surface area (Å²) in [7, 11) is 1.46. The van der Waals surface area contributed by atoms with Crippen molar-refractivity contribution in [2.24, 2.45) is 0 Å². The summed E-state index contributed by atoms with van der Waals surface area (Å²) in [6, 6.07) is 15.3. The number of nitrogens with one attached hydrogen (secondary N) is 1. The van der Waals surface area contributed by atoms with Crippen molar-refractivity contribution in [3.63, 3.8) is 0 Å². The van der Waals surface area contributed by atoms with Crippen LogP contribution in [0.4, 0.5) is 16.2 Å². The van der Waals surface area contributed by atoms with E-state index in [9.17, 15) is 24.5 Å². The summed E-state index contributed by atoms with van der Waals surface area (Å²) >= 11 is 0. The van der Waals surface area contributed by atoms with Gasteiger partial charge in [0, 0.05) is 17.7 Å². The number of urea groups is 1. The van der Waals surface area contributed by atoms with Crippen molar-refractivity contribution in [3.05, 3.63) is 111 Å². The maximum atomic E-state index is 13.3. The first kappa shape index (κ1) is 26.8. The standard InChI is InChI=1S/C29H25N3O7/c1-4-5-21-14-20(16-25(38-3)26(21)39-17-19-8-12-23(13-9-19)32(36)37)15-24-27(33)30-29(35)31(28(24)34)22-10-6-18(2)7-11-22/h4,6-16H,1,5,17H2,2-3H3,(H,30,33,35)/b24-15+. The highest BCUT2D eigenvalue weighted by Gasteiger charge is 2.36. The summed E-state index contributed by atoms with van der Waals surface area (Å²) in [6.45, 7) is 5.78. The van der Waals surface area contributed by atoms with Crippen LogP contribution in [0.3, 0.4) is 0 Å². The van der Waals surface area contributed by atoms with Crippen LogP contribution in [-0.4, -0.2) is 29.9 Å². The highest BCUT2D eigenvalue weighted by atomic mass is 16.6. The number of benzene rings is 3. The van der Waals surface area contributed by atoms with Crippen LogP contribution in [0.25, 0.3) is 6.08 Å². The number of hydrogen-bond donors (Lipinski definition) is 1. The molecule has 1 fully saturated rings. The van der Waals surface area contributed by atoms with Gasteiger partial charge < -0.3 is 9.47 Å². The number of allylic oxidation sites excluding steroid dienone is 1. The number of non-ortho nitro benzene ring substituents is 1. The maximum Gasteiger partial charge on any atom is 0.335 e. The van der Waals surface area contributed by atoms with Crippen LogP contribution in [0.5, 0.6) is 11.5 Å². The van der Waals surface area contributed by atoms with Gasteiger partial charge in [-0.2, -0.15) is 0 Å². The van der Waals surface area contributed by atoms with Gasteiger partial charge in [-0.1, -0.05) is 23.8 Å². The summed E-state index contributed by atoms with van der Waals surface area (Å²) < 4.78 is 11.6. The van der Waals surface area contributed by atoms with Gasteiger partial charge in [0.25, 0.3) is 17.5 Å². The van der Waals surface area contributed by atoms with Crippen LogP contribution in [0.1, 0.15) is 22.3 Å². The monoisotopic (exact) mass is 527 g/mol. The van der Waals surface area contributed by atoms with Crippen LogP contribution in [0.15, 0.2) is 78.9 Å². The molecule has 3 aromatic rings. The Morgan fingerprint density at radius 2 is 1.74 bits per heavy atom. The Morgan fingerprint density at radius 1 is 1.05 bits per heavy atom. The van der Waals surface area contributed by atoms with Crippen molar-refractivity contribution >= 4 is 35.3 Å². The fourth-order valence-corrected chi connectivity index (χ4v) is 4.01. The first-order valence-corrected chi connectivity index (χ1v) is 11.9. The molecule has 0 saturated carbocycles. The van der Waals surface area contributed by atoms with E-state index in [0.717, 1.165) is 10.5 Å². The number of amides is 4.